The lowest BCUT2D eigenvalue weighted by Crippen LogP contribution is -2.20. The lowest BCUT2D eigenvalue weighted by Gasteiger charge is -2.33. The predicted octanol–water partition coefficient (Wildman–Crippen LogP) is 3.55. The molecule has 0 aromatic carbocycles. The van der Waals surface area contributed by atoms with Crippen LogP contribution in [-0.4, -0.2) is 12.0 Å². The molecule has 1 heterocycles. The van der Waals surface area contributed by atoms with Gasteiger partial charge in [-0.05, 0) is 38.1 Å². The maximum Gasteiger partial charge on any atom is 0.0959 e. The van der Waals surface area contributed by atoms with Gasteiger partial charge in [-0.2, -0.15) is 0 Å². The van der Waals surface area contributed by atoms with E-state index in [1.54, 1.807) is 0 Å². The zero-order valence-electron chi connectivity index (χ0n) is 10.5. The van der Waals surface area contributed by atoms with Gasteiger partial charge in [0.1, 0.15) is 0 Å². The Balaban J connectivity index is 1.97. The number of nitrogens with one attached hydrogen (secondary N) is 1. The minimum Gasteiger partial charge on any atom is -0.315 e. The zero-order chi connectivity index (χ0) is 11.6. The van der Waals surface area contributed by atoms with Gasteiger partial charge in [0.05, 0.1) is 5.01 Å². The van der Waals surface area contributed by atoms with Crippen molar-refractivity contribution in [3.05, 3.63) is 16.1 Å². The molecule has 0 saturated heterocycles. The standard InChI is InChI=1S/C13H22N2S/c1-13(2)6-4-10(5-7-13)12-15-9-11(16-12)8-14-3/h9-10,14H,4-8H2,1-3H3. The average Bonchev–Trinajstić information content (AvgIpc) is 2.67. The van der Waals surface area contributed by atoms with Crippen molar-refractivity contribution in [3.8, 4) is 0 Å². The second-order valence-electron chi connectivity index (χ2n) is 5.63. The Morgan fingerprint density at radius 2 is 2.12 bits per heavy atom. The summed E-state index contributed by atoms with van der Waals surface area (Å²) in [4.78, 5) is 5.95. The molecule has 1 saturated carbocycles. The molecule has 0 amide bonds. The third kappa shape index (κ3) is 2.83. The zero-order valence-corrected chi connectivity index (χ0v) is 11.4. The second-order valence-corrected chi connectivity index (χ2v) is 6.78. The summed E-state index contributed by atoms with van der Waals surface area (Å²) in [6, 6.07) is 0. The number of thiazole rings is 1. The van der Waals surface area contributed by atoms with Gasteiger partial charge in [0.15, 0.2) is 0 Å². The maximum atomic E-state index is 4.58. The smallest absolute Gasteiger partial charge is 0.0959 e. The van der Waals surface area contributed by atoms with Crippen LogP contribution in [0.4, 0.5) is 0 Å². The van der Waals surface area contributed by atoms with Crippen molar-refractivity contribution in [3.63, 3.8) is 0 Å². The van der Waals surface area contributed by atoms with Crippen molar-refractivity contribution in [2.24, 2.45) is 5.41 Å². The Labute approximate surface area is 102 Å². The first kappa shape index (κ1) is 12.1. The lowest BCUT2D eigenvalue weighted by atomic mass is 9.73. The van der Waals surface area contributed by atoms with Gasteiger partial charge in [-0.1, -0.05) is 13.8 Å². The molecule has 1 aliphatic rings. The molecule has 1 N–H and O–H groups in total. The Bertz CT molecular complexity index is 333. The number of hydrogen-bond acceptors (Lipinski definition) is 3. The fourth-order valence-electron chi connectivity index (χ4n) is 2.41. The van der Waals surface area contributed by atoms with Crippen LogP contribution in [0.5, 0.6) is 0 Å². The highest BCUT2D eigenvalue weighted by atomic mass is 32.1. The summed E-state index contributed by atoms with van der Waals surface area (Å²) in [5.41, 5.74) is 0.557. The van der Waals surface area contributed by atoms with Crippen LogP contribution in [0.15, 0.2) is 6.20 Å². The molecule has 0 atom stereocenters. The highest BCUT2D eigenvalue weighted by Gasteiger charge is 2.28. The molecule has 0 bridgehead atoms. The van der Waals surface area contributed by atoms with Crippen molar-refractivity contribution in [2.45, 2.75) is 52.0 Å². The minimum absolute atomic E-state index is 0.557. The largest absolute Gasteiger partial charge is 0.315 e. The van der Waals surface area contributed by atoms with E-state index in [2.05, 4.69) is 24.1 Å². The molecule has 1 fully saturated rings. The molecule has 1 aromatic rings. The minimum atomic E-state index is 0.557. The van der Waals surface area contributed by atoms with Crippen molar-refractivity contribution >= 4 is 11.3 Å². The topological polar surface area (TPSA) is 24.9 Å². The van der Waals surface area contributed by atoms with E-state index in [0.717, 1.165) is 12.5 Å². The first-order valence-electron chi connectivity index (χ1n) is 6.20. The van der Waals surface area contributed by atoms with Gasteiger partial charge in [-0.15, -0.1) is 11.3 Å². The van der Waals surface area contributed by atoms with Gasteiger partial charge < -0.3 is 5.32 Å². The molecular weight excluding hydrogens is 216 g/mol. The fourth-order valence-corrected chi connectivity index (χ4v) is 3.51. The molecule has 2 rings (SSSR count). The monoisotopic (exact) mass is 238 g/mol. The van der Waals surface area contributed by atoms with Crippen molar-refractivity contribution in [1.29, 1.82) is 0 Å². The SMILES string of the molecule is CNCc1cnc(C2CCC(C)(C)CC2)s1. The molecule has 1 aliphatic carbocycles. The van der Waals surface area contributed by atoms with Gasteiger partial charge >= 0.3 is 0 Å². The van der Waals surface area contributed by atoms with Crippen LogP contribution in [0.25, 0.3) is 0 Å². The Hall–Kier alpha value is -0.410. The molecule has 3 heteroatoms. The van der Waals surface area contributed by atoms with Gasteiger partial charge in [-0.25, -0.2) is 4.98 Å². The maximum absolute atomic E-state index is 4.58. The van der Waals surface area contributed by atoms with E-state index in [9.17, 15) is 0 Å². The van der Waals surface area contributed by atoms with Crippen LogP contribution in [0.1, 0.15) is 55.3 Å². The Kier molecular flexibility index (Phi) is 3.65. The number of aromatic nitrogens is 1. The number of nitrogens with zero attached hydrogens (tertiary/aromatic N) is 1. The Morgan fingerprint density at radius 3 is 2.75 bits per heavy atom. The highest BCUT2D eigenvalue weighted by molar-refractivity contribution is 7.11. The average molecular weight is 238 g/mol. The molecular formula is C13H22N2S. The van der Waals surface area contributed by atoms with E-state index in [4.69, 9.17) is 0 Å². The summed E-state index contributed by atoms with van der Waals surface area (Å²) in [5, 5.41) is 4.55. The molecule has 0 radical (unpaired) electrons. The van der Waals surface area contributed by atoms with Crippen molar-refractivity contribution < 1.29 is 0 Å². The van der Waals surface area contributed by atoms with Crippen LogP contribution >= 0.6 is 11.3 Å². The normalized spacial score (nSPS) is 21.2. The summed E-state index contributed by atoms with van der Waals surface area (Å²) in [6.45, 7) is 5.73. The van der Waals surface area contributed by atoms with Crippen LogP contribution in [0.3, 0.4) is 0 Å². The summed E-state index contributed by atoms with van der Waals surface area (Å²) in [7, 11) is 1.99. The van der Waals surface area contributed by atoms with E-state index < -0.39 is 0 Å². The quantitative estimate of drug-likeness (QED) is 0.871. The first-order valence-corrected chi connectivity index (χ1v) is 7.01. The molecule has 0 unspecified atom stereocenters. The Morgan fingerprint density at radius 1 is 1.44 bits per heavy atom. The third-order valence-electron chi connectivity index (χ3n) is 3.61. The summed E-state index contributed by atoms with van der Waals surface area (Å²) < 4.78 is 0. The van der Waals surface area contributed by atoms with Gasteiger partial charge in [0, 0.05) is 23.5 Å². The van der Waals surface area contributed by atoms with E-state index in [-0.39, 0.29) is 0 Å². The van der Waals surface area contributed by atoms with Crippen LogP contribution in [-0.2, 0) is 6.54 Å². The first-order chi connectivity index (χ1) is 7.61. The van der Waals surface area contributed by atoms with E-state index in [1.807, 2.05) is 24.6 Å². The van der Waals surface area contributed by atoms with Crippen molar-refractivity contribution in [2.75, 3.05) is 7.05 Å². The number of rotatable bonds is 3. The number of hydrogen-bond donors (Lipinski definition) is 1. The van der Waals surface area contributed by atoms with E-state index in [0.29, 0.717) is 5.41 Å². The van der Waals surface area contributed by atoms with Crippen LogP contribution in [0, 0.1) is 5.41 Å². The highest BCUT2D eigenvalue weighted by Crippen LogP contribution is 2.43. The molecule has 0 spiro atoms. The van der Waals surface area contributed by atoms with Gasteiger partial charge in [0.25, 0.3) is 0 Å². The third-order valence-corrected chi connectivity index (χ3v) is 4.77. The van der Waals surface area contributed by atoms with Crippen LogP contribution in [0.2, 0.25) is 0 Å². The molecule has 0 aliphatic heterocycles. The molecule has 16 heavy (non-hydrogen) atoms. The predicted molar refractivity (Wildman–Crippen MR) is 69.9 cm³/mol. The molecule has 2 nitrogen and oxygen atoms in total. The summed E-state index contributed by atoms with van der Waals surface area (Å²) >= 11 is 1.89. The lowest BCUT2D eigenvalue weighted by molar-refractivity contribution is 0.224. The second kappa shape index (κ2) is 4.84. The van der Waals surface area contributed by atoms with Crippen molar-refractivity contribution in [1.82, 2.24) is 10.3 Å². The van der Waals surface area contributed by atoms with Crippen LogP contribution < -0.4 is 5.32 Å². The molecule has 90 valence electrons. The van der Waals surface area contributed by atoms with E-state index in [1.165, 1.54) is 35.6 Å². The summed E-state index contributed by atoms with van der Waals surface area (Å²) in [6.07, 6.45) is 7.37. The summed E-state index contributed by atoms with van der Waals surface area (Å²) in [5.74, 6) is 0.726. The van der Waals surface area contributed by atoms with Gasteiger partial charge in [-0.3, -0.25) is 0 Å². The van der Waals surface area contributed by atoms with E-state index >= 15 is 0 Å². The molecule has 1 aromatic heterocycles. The fraction of sp³-hybridized carbons (Fsp3) is 0.769. The van der Waals surface area contributed by atoms with Gasteiger partial charge in [0.2, 0.25) is 0 Å².